The first-order valence-corrected chi connectivity index (χ1v) is 7.51. The fourth-order valence-corrected chi connectivity index (χ4v) is 2.13. The summed E-state index contributed by atoms with van der Waals surface area (Å²) in [5, 5.41) is 1.92. The van der Waals surface area contributed by atoms with Crippen LogP contribution in [-0.2, 0) is 11.4 Å². The summed E-state index contributed by atoms with van der Waals surface area (Å²) in [6.45, 7) is 6.19. The third kappa shape index (κ3) is 4.50. The molecule has 3 nitrogen and oxygen atoms in total. The van der Waals surface area contributed by atoms with Gasteiger partial charge in [-0.25, -0.2) is 0 Å². The Kier molecular flexibility index (Phi) is 6.10. The summed E-state index contributed by atoms with van der Waals surface area (Å²) in [6, 6.07) is 18.2. The fraction of sp³-hybridized carbons (Fsp3) is 0.333. The van der Waals surface area contributed by atoms with E-state index in [0.717, 1.165) is 30.0 Å². The molecule has 3 heteroatoms. The minimum absolute atomic E-state index is 0.559. The Bertz CT molecular complexity index is 522. The van der Waals surface area contributed by atoms with E-state index in [2.05, 4.69) is 19.1 Å². The SMILES string of the molecule is CCCN(OCC)c1ccccc1OCc1ccccc1. The highest BCUT2D eigenvalue weighted by Crippen LogP contribution is 2.29. The summed E-state index contributed by atoms with van der Waals surface area (Å²) in [7, 11) is 0. The molecule has 0 aliphatic carbocycles. The maximum atomic E-state index is 5.98. The van der Waals surface area contributed by atoms with Crippen molar-refractivity contribution in [3.05, 3.63) is 60.2 Å². The van der Waals surface area contributed by atoms with Gasteiger partial charge in [0.05, 0.1) is 6.61 Å². The van der Waals surface area contributed by atoms with Crippen LogP contribution in [0.15, 0.2) is 54.6 Å². The molecule has 2 aromatic rings. The Morgan fingerprint density at radius 2 is 1.62 bits per heavy atom. The van der Waals surface area contributed by atoms with Crippen molar-refractivity contribution in [3.63, 3.8) is 0 Å². The minimum atomic E-state index is 0.559. The third-order valence-corrected chi connectivity index (χ3v) is 3.08. The highest BCUT2D eigenvalue weighted by Gasteiger charge is 2.11. The Hall–Kier alpha value is -2.00. The van der Waals surface area contributed by atoms with Crippen molar-refractivity contribution in [2.24, 2.45) is 0 Å². The largest absolute Gasteiger partial charge is 0.487 e. The van der Waals surface area contributed by atoms with Crippen molar-refractivity contribution in [2.75, 3.05) is 18.2 Å². The van der Waals surface area contributed by atoms with E-state index in [1.807, 2.05) is 54.5 Å². The molecule has 2 aromatic carbocycles. The van der Waals surface area contributed by atoms with Crippen molar-refractivity contribution in [1.29, 1.82) is 0 Å². The summed E-state index contributed by atoms with van der Waals surface area (Å²) in [5.74, 6) is 0.850. The number of nitrogens with zero attached hydrogens (tertiary/aromatic N) is 1. The average molecular weight is 285 g/mol. The zero-order chi connectivity index (χ0) is 14.9. The van der Waals surface area contributed by atoms with Gasteiger partial charge in [-0.15, -0.1) is 0 Å². The van der Waals surface area contributed by atoms with Gasteiger partial charge in [-0.1, -0.05) is 49.4 Å². The standard InChI is InChI=1S/C18H23NO2/c1-3-14-19(21-4-2)17-12-8-9-13-18(17)20-15-16-10-6-5-7-11-16/h5-13H,3-4,14-15H2,1-2H3. The number of hydrogen-bond acceptors (Lipinski definition) is 3. The first-order valence-electron chi connectivity index (χ1n) is 7.51. The van der Waals surface area contributed by atoms with E-state index in [9.17, 15) is 0 Å². The van der Waals surface area contributed by atoms with Crippen LogP contribution in [0.5, 0.6) is 5.75 Å². The van der Waals surface area contributed by atoms with Crippen LogP contribution < -0.4 is 9.80 Å². The molecule has 0 amide bonds. The molecule has 0 radical (unpaired) electrons. The number of ether oxygens (including phenoxy) is 1. The number of anilines is 1. The van der Waals surface area contributed by atoms with Crippen molar-refractivity contribution in [2.45, 2.75) is 26.9 Å². The highest BCUT2D eigenvalue weighted by molar-refractivity contribution is 5.56. The lowest BCUT2D eigenvalue weighted by Gasteiger charge is -2.25. The van der Waals surface area contributed by atoms with E-state index in [1.165, 1.54) is 0 Å². The zero-order valence-electron chi connectivity index (χ0n) is 12.8. The normalized spacial score (nSPS) is 10.4. The molecule has 0 saturated carbocycles. The molecule has 0 fully saturated rings. The molecule has 112 valence electrons. The summed E-state index contributed by atoms with van der Waals surface area (Å²) >= 11 is 0. The minimum Gasteiger partial charge on any atom is -0.487 e. The van der Waals surface area contributed by atoms with Crippen LogP contribution in [0, 0.1) is 0 Å². The second-order valence-corrected chi connectivity index (χ2v) is 4.76. The Labute approximate surface area is 127 Å². The smallest absolute Gasteiger partial charge is 0.145 e. The van der Waals surface area contributed by atoms with E-state index in [4.69, 9.17) is 9.57 Å². The van der Waals surface area contributed by atoms with Gasteiger partial charge < -0.3 is 4.74 Å². The van der Waals surface area contributed by atoms with Crippen LogP contribution >= 0.6 is 0 Å². The Morgan fingerprint density at radius 3 is 2.33 bits per heavy atom. The molecule has 0 bridgehead atoms. The van der Waals surface area contributed by atoms with Gasteiger partial charge in [-0.2, -0.15) is 0 Å². The predicted octanol–water partition coefficient (Wildman–Crippen LogP) is 4.43. The second kappa shape index (κ2) is 8.32. The number of para-hydroxylation sites is 2. The van der Waals surface area contributed by atoms with Gasteiger partial charge >= 0.3 is 0 Å². The number of rotatable bonds is 8. The summed E-state index contributed by atoms with van der Waals surface area (Å²) in [4.78, 5) is 5.71. The molecule has 0 saturated heterocycles. The topological polar surface area (TPSA) is 21.7 Å². The van der Waals surface area contributed by atoms with E-state index in [1.54, 1.807) is 0 Å². The van der Waals surface area contributed by atoms with Gasteiger partial charge in [-0.05, 0) is 31.0 Å². The van der Waals surface area contributed by atoms with Crippen molar-refractivity contribution >= 4 is 5.69 Å². The van der Waals surface area contributed by atoms with E-state index in [0.29, 0.717) is 13.2 Å². The highest BCUT2D eigenvalue weighted by atomic mass is 16.7. The number of hydroxylamine groups is 1. The number of hydrogen-bond donors (Lipinski definition) is 0. The van der Waals surface area contributed by atoms with Crippen molar-refractivity contribution in [3.8, 4) is 5.75 Å². The Morgan fingerprint density at radius 1 is 0.905 bits per heavy atom. The van der Waals surface area contributed by atoms with Gasteiger partial charge in [0.25, 0.3) is 0 Å². The van der Waals surface area contributed by atoms with Gasteiger partial charge in [-0.3, -0.25) is 9.90 Å². The third-order valence-electron chi connectivity index (χ3n) is 3.08. The van der Waals surface area contributed by atoms with Crippen molar-refractivity contribution < 1.29 is 9.57 Å². The zero-order valence-corrected chi connectivity index (χ0v) is 12.8. The lowest BCUT2D eigenvalue weighted by atomic mass is 10.2. The molecule has 0 spiro atoms. The van der Waals surface area contributed by atoms with Gasteiger partial charge in [0, 0.05) is 6.54 Å². The second-order valence-electron chi connectivity index (χ2n) is 4.76. The average Bonchev–Trinajstić information content (AvgIpc) is 2.54. The molecule has 0 heterocycles. The summed E-state index contributed by atoms with van der Waals surface area (Å²) < 4.78 is 5.98. The van der Waals surface area contributed by atoms with E-state index in [-0.39, 0.29) is 0 Å². The molecular formula is C18H23NO2. The molecule has 0 aromatic heterocycles. The van der Waals surface area contributed by atoms with Crippen LogP contribution in [0.3, 0.4) is 0 Å². The lowest BCUT2D eigenvalue weighted by Crippen LogP contribution is -2.24. The maximum Gasteiger partial charge on any atom is 0.145 e. The van der Waals surface area contributed by atoms with Crippen LogP contribution in [0.25, 0.3) is 0 Å². The van der Waals surface area contributed by atoms with E-state index < -0.39 is 0 Å². The molecule has 0 unspecified atom stereocenters. The molecule has 0 aliphatic rings. The van der Waals surface area contributed by atoms with Gasteiger partial charge in [0.15, 0.2) is 0 Å². The number of benzene rings is 2. The van der Waals surface area contributed by atoms with Crippen molar-refractivity contribution in [1.82, 2.24) is 0 Å². The van der Waals surface area contributed by atoms with Crippen LogP contribution in [0.1, 0.15) is 25.8 Å². The summed E-state index contributed by atoms with van der Waals surface area (Å²) in [6.07, 6.45) is 1.02. The van der Waals surface area contributed by atoms with E-state index >= 15 is 0 Å². The molecule has 0 atom stereocenters. The van der Waals surface area contributed by atoms with Gasteiger partial charge in [0.2, 0.25) is 0 Å². The molecular weight excluding hydrogens is 262 g/mol. The monoisotopic (exact) mass is 285 g/mol. The maximum absolute atomic E-state index is 5.98. The molecule has 0 N–H and O–H groups in total. The Balaban J connectivity index is 2.11. The first-order chi connectivity index (χ1) is 10.3. The quantitative estimate of drug-likeness (QED) is 0.670. The van der Waals surface area contributed by atoms with Crippen LogP contribution in [0.4, 0.5) is 5.69 Å². The van der Waals surface area contributed by atoms with Gasteiger partial charge in [0.1, 0.15) is 18.0 Å². The molecule has 2 rings (SSSR count). The summed E-state index contributed by atoms with van der Waals surface area (Å²) in [5.41, 5.74) is 2.14. The fourth-order valence-electron chi connectivity index (χ4n) is 2.13. The molecule has 21 heavy (non-hydrogen) atoms. The predicted molar refractivity (Wildman–Crippen MR) is 86.5 cm³/mol. The first kappa shape index (κ1) is 15.4. The van der Waals surface area contributed by atoms with Crippen LogP contribution in [-0.4, -0.2) is 13.2 Å². The van der Waals surface area contributed by atoms with Crippen LogP contribution in [0.2, 0.25) is 0 Å². The molecule has 0 aliphatic heterocycles. The lowest BCUT2D eigenvalue weighted by molar-refractivity contribution is 0.118.